The zero-order valence-electron chi connectivity index (χ0n) is 29.0. The second-order valence-corrected chi connectivity index (χ2v) is 18.5. The molecule has 262 valence electrons. The topological polar surface area (TPSA) is 136 Å². The van der Waals surface area contributed by atoms with Gasteiger partial charge in [0.2, 0.25) is 0 Å². The quantitative estimate of drug-likeness (QED) is 0.234. The van der Waals surface area contributed by atoms with Gasteiger partial charge in [0.05, 0.1) is 25.4 Å². The molecule has 9 aliphatic rings. The van der Waals surface area contributed by atoms with Crippen molar-refractivity contribution < 1.29 is 48.5 Å². The number of epoxide rings is 1. The summed E-state index contributed by atoms with van der Waals surface area (Å²) in [6, 6.07) is 0. The third kappa shape index (κ3) is 3.73. The molecule has 0 aromatic heterocycles. The second kappa shape index (κ2) is 9.40. The number of carbonyl (C=O) groups excluding carboxylic acids is 1. The molecular weight excluding hydrogens is 604 g/mol. The highest BCUT2D eigenvalue weighted by Crippen LogP contribution is 2.88. The minimum Gasteiger partial charge on any atom is -0.462 e. The van der Waals surface area contributed by atoms with Gasteiger partial charge in [-0.05, 0) is 74.0 Å². The van der Waals surface area contributed by atoms with Crippen LogP contribution in [-0.2, 0) is 33.2 Å². The Hall–Kier alpha value is -1.11. The van der Waals surface area contributed by atoms with Crippen LogP contribution in [-0.4, -0.2) is 94.9 Å². The average Bonchev–Trinajstić information content (AvgIpc) is 3.81. The van der Waals surface area contributed by atoms with Crippen LogP contribution in [0.5, 0.6) is 0 Å². The van der Waals surface area contributed by atoms with Crippen molar-refractivity contribution in [1.29, 1.82) is 0 Å². The Bertz CT molecular complexity index is 1410. The number of allylic oxidation sites excluding steroid dienone is 2. The molecular formula is C37H54O10. The Balaban J connectivity index is 1.06. The average molecular weight is 659 g/mol. The highest BCUT2D eigenvalue weighted by molar-refractivity contribution is 5.66. The molecule has 0 amide bonds. The molecule has 9 rings (SSSR count). The largest absolute Gasteiger partial charge is 0.462 e. The van der Waals surface area contributed by atoms with E-state index in [1.54, 1.807) is 12.5 Å². The number of hydrogen-bond donors (Lipinski definition) is 3. The van der Waals surface area contributed by atoms with E-state index in [4.69, 9.17) is 28.4 Å². The van der Waals surface area contributed by atoms with E-state index in [0.717, 1.165) is 44.9 Å². The van der Waals surface area contributed by atoms with Crippen LogP contribution < -0.4 is 0 Å². The maximum absolute atomic E-state index is 12.9. The van der Waals surface area contributed by atoms with Crippen molar-refractivity contribution in [2.75, 3.05) is 13.2 Å². The van der Waals surface area contributed by atoms with Crippen molar-refractivity contribution >= 4 is 5.97 Å². The van der Waals surface area contributed by atoms with E-state index < -0.39 is 30.4 Å². The molecule has 0 radical (unpaired) electrons. The van der Waals surface area contributed by atoms with Crippen molar-refractivity contribution in [1.82, 2.24) is 0 Å². The number of hydrogen-bond acceptors (Lipinski definition) is 10. The molecule has 3 spiro atoms. The lowest BCUT2D eigenvalue weighted by molar-refractivity contribution is -0.307. The van der Waals surface area contributed by atoms with E-state index in [0.29, 0.717) is 18.4 Å². The van der Waals surface area contributed by atoms with E-state index >= 15 is 0 Å². The lowest BCUT2D eigenvalue weighted by Crippen LogP contribution is -2.61. The molecule has 0 aromatic carbocycles. The summed E-state index contributed by atoms with van der Waals surface area (Å²) in [4.78, 5) is 12.9. The minimum atomic E-state index is -1.31. The fourth-order valence-electron chi connectivity index (χ4n) is 13.7. The van der Waals surface area contributed by atoms with Crippen LogP contribution in [0, 0.1) is 44.8 Å². The van der Waals surface area contributed by atoms with Gasteiger partial charge < -0.3 is 43.7 Å². The first-order chi connectivity index (χ1) is 22.0. The van der Waals surface area contributed by atoms with Crippen LogP contribution in [0.1, 0.15) is 93.4 Å². The lowest BCUT2D eigenvalue weighted by Gasteiger charge is -2.62. The summed E-state index contributed by atoms with van der Waals surface area (Å²) < 4.78 is 38.3. The fraction of sp³-hybridized carbons (Fsp3) is 0.919. The zero-order chi connectivity index (χ0) is 33.3. The Morgan fingerprint density at radius 3 is 2.45 bits per heavy atom. The molecule has 4 aliphatic heterocycles. The smallest absolute Gasteiger partial charge is 0.302 e. The second-order valence-electron chi connectivity index (χ2n) is 18.5. The molecule has 4 heterocycles. The standard InChI is InChI=1S/C37H54O10/c1-18-12-37(30-33(6,47-30)17-43-37)46-21-13-32(5)23-9-8-22-31(3,4)24(45-29-28(41)27(40)20(39)15-42-29)10-11-35(22)16-36(23,35)14-25(44-19(2)38)34(32,7)26(18)21/h9,18,20-22,24-30,39-41H,8,10-17H2,1-7H3/t18-,20-,21+,22-,24+,25-,26+,27+,28-,29+,30+,32+,33+,34-,35-,36+,37+/m1/s1. The Labute approximate surface area is 277 Å². The molecule has 4 saturated carbocycles. The first-order valence-corrected chi connectivity index (χ1v) is 18.2. The molecule has 47 heavy (non-hydrogen) atoms. The SMILES string of the molecule is CC(=O)O[C@@H]1C[C@@]23C[C@@]24CC[C@H](O[C@@H]2OC[C@@H](O)[C@H](O)[C@H]2O)C(C)(C)[C@H]4CC=C3[C@]2(C)C[C@@H]3O[C@]4(C[C@@H](C)[C@@H]3[C@@]12C)OC[C@]1(C)O[C@H]41. The molecule has 10 heteroatoms. The van der Waals surface area contributed by atoms with Gasteiger partial charge in [-0.3, -0.25) is 4.79 Å². The molecule has 10 nitrogen and oxygen atoms in total. The van der Waals surface area contributed by atoms with Crippen LogP contribution in [0.25, 0.3) is 0 Å². The molecule has 0 aromatic rings. The molecule has 4 saturated heterocycles. The molecule has 0 bridgehead atoms. The predicted molar refractivity (Wildman–Crippen MR) is 166 cm³/mol. The van der Waals surface area contributed by atoms with Gasteiger partial charge in [-0.2, -0.15) is 0 Å². The zero-order valence-corrected chi connectivity index (χ0v) is 29.0. The van der Waals surface area contributed by atoms with Gasteiger partial charge in [-0.15, -0.1) is 0 Å². The van der Waals surface area contributed by atoms with Crippen LogP contribution in [0.15, 0.2) is 11.6 Å². The number of ether oxygens (including phenoxy) is 6. The summed E-state index contributed by atoms with van der Waals surface area (Å²) in [5, 5.41) is 30.9. The summed E-state index contributed by atoms with van der Waals surface area (Å²) >= 11 is 0. The Kier molecular flexibility index (Phi) is 6.37. The van der Waals surface area contributed by atoms with Crippen molar-refractivity contribution in [3.05, 3.63) is 11.6 Å². The van der Waals surface area contributed by atoms with Gasteiger partial charge in [0.1, 0.15) is 36.1 Å². The van der Waals surface area contributed by atoms with Crippen molar-refractivity contribution in [2.24, 2.45) is 44.8 Å². The van der Waals surface area contributed by atoms with Crippen LogP contribution in [0.3, 0.4) is 0 Å². The summed E-state index contributed by atoms with van der Waals surface area (Å²) in [5.74, 6) is -0.0424. The third-order valence-corrected chi connectivity index (χ3v) is 16.0. The minimum absolute atomic E-state index is 0.0156. The molecule has 17 atom stereocenters. The summed E-state index contributed by atoms with van der Waals surface area (Å²) in [6.07, 6.45) is 3.70. The first-order valence-electron chi connectivity index (χ1n) is 18.2. The maximum Gasteiger partial charge on any atom is 0.302 e. The summed E-state index contributed by atoms with van der Waals surface area (Å²) in [6.45, 7) is 15.9. The Morgan fingerprint density at radius 1 is 1.00 bits per heavy atom. The van der Waals surface area contributed by atoms with Gasteiger partial charge >= 0.3 is 5.97 Å². The number of fused-ring (bicyclic) bond motifs is 6. The Morgan fingerprint density at radius 2 is 1.77 bits per heavy atom. The number of carbonyl (C=O) groups is 1. The van der Waals surface area contributed by atoms with E-state index in [1.165, 1.54) is 0 Å². The number of rotatable bonds is 3. The normalized spacial score (nSPS) is 61.1. The van der Waals surface area contributed by atoms with Gasteiger partial charge in [0.25, 0.3) is 0 Å². The summed E-state index contributed by atoms with van der Waals surface area (Å²) in [5.41, 5.74) is 0.598. The van der Waals surface area contributed by atoms with Crippen molar-refractivity contribution in [2.45, 2.75) is 154 Å². The van der Waals surface area contributed by atoms with E-state index in [2.05, 4.69) is 47.6 Å². The van der Waals surface area contributed by atoms with Gasteiger partial charge in [0.15, 0.2) is 12.1 Å². The summed E-state index contributed by atoms with van der Waals surface area (Å²) in [7, 11) is 0. The maximum atomic E-state index is 12.9. The van der Waals surface area contributed by atoms with Crippen molar-refractivity contribution in [3.63, 3.8) is 0 Å². The number of aliphatic hydroxyl groups excluding tert-OH is 3. The van der Waals surface area contributed by atoms with Crippen LogP contribution >= 0.6 is 0 Å². The van der Waals surface area contributed by atoms with Gasteiger partial charge in [0, 0.05) is 29.6 Å². The third-order valence-electron chi connectivity index (χ3n) is 16.0. The fourth-order valence-corrected chi connectivity index (χ4v) is 13.7. The van der Waals surface area contributed by atoms with Crippen molar-refractivity contribution in [3.8, 4) is 0 Å². The molecule has 8 fully saturated rings. The number of aliphatic hydroxyl groups is 3. The highest BCUT2D eigenvalue weighted by atomic mass is 16.8. The van der Waals surface area contributed by atoms with Crippen LogP contribution in [0.4, 0.5) is 0 Å². The van der Waals surface area contributed by atoms with Crippen LogP contribution in [0.2, 0.25) is 0 Å². The van der Waals surface area contributed by atoms with Gasteiger partial charge in [-0.25, -0.2) is 0 Å². The molecule has 3 N–H and O–H groups in total. The lowest BCUT2D eigenvalue weighted by atomic mass is 9.44. The van der Waals surface area contributed by atoms with E-state index in [-0.39, 0.29) is 75.6 Å². The molecule has 5 aliphatic carbocycles. The van der Waals surface area contributed by atoms with Gasteiger partial charge in [-0.1, -0.05) is 46.3 Å². The molecule has 0 unspecified atom stereocenters. The number of esters is 1. The first kappa shape index (κ1) is 31.8. The highest BCUT2D eigenvalue weighted by Gasteiger charge is 2.85. The van der Waals surface area contributed by atoms with E-state index in [1.807, 2.05) is 0 Å². The van der Waals surface area contributed by atoms with E-state index in [9.17, 15) is 20.1 Å². The monoisotopic (exact) mass is 658 g/mol. The predicted octanol–water partition coefficient (Wildman–Crippen LogP) is 3.63.